The Morgan fingerprint density at radius 2 is 1.35 bits per heavy atom. The van der Waals surface area contributed by atoms with Gasteiger partial charge >= 0.3 is 0 Å². The van der Waals surface area contributed by atoms with E-state index in [0.717, 1.165) is 5.56 Å². The van der Waals surface area contributed by atoms with Crippen LogP contribution in [-0.2, 0) is 12.8 Å². The fraction of sp³-hybridized carbons (Fsp3) is 0.250. The smallest absolute Gasteiger partial charge is 0.118 e. The molecule has 106 valence electrons. The van der Waals surface area contributed by atoms with Gasteiger partial charge in [0.1, 0.15) is 11.5 Å². The lowest BCUT2D eigenvalue weighted by Gasteiger charge is -2.18. The molecular weight excluding hydrogens is 256 g/mol. The van der Waals surface area contributed by atoms with Crippen LogP contribution in [0.25, 0.3) is 0 Å². The highest BCUT2D eigenvalue weighted by atomic mass is 16.3. The second-order valence-electron chi connectivity index (χ2n) is 4.84. The maximum Gasteiger partial charge on any atom is 0.118 e. The monoisotopic (exact) mass is 274 g/mol. The van der Waals surface area contributed by atoms with Crippen LogP contribution in [0.4, 0.5) is 0 Å². The lowest BCUT2D eigenvalue weighted by Crippen LogP contribution is -2.30. The molecular formula is C16H18O4. The molecule has 0 bridgehead atoms. The summed E-state index contributed by atoms with van der Waals surface area (Å²) in [6.45, 7) is 0. The summed E-state index contributed by atoms with van der Waals surface area (Å²) in [5.74, 6) is 0.279. The number of hydrogen-bond acceptors (Lipinski definition) is 4. The van der Waals surface area contributed by atoms with E-state index in [-0.39, 0.29) is 24.3 Å². The Morgan fingerprint density at radius 1 is 0.750 bits per heavy atom. The van der Waals surface area contributed by atoms with Gasteiger partial charge in [-0.2, -0.15) is 0 Å². The number of phenols is 2. The Bertz CT molecular complexity index is 551. The minimum absolute atomic E-state index is 0.114. The Labute approximate surface area is 117 Å². The van der Waals surface area contributed by atoms with Gasteiger partial charge in [-0.1, -0.05) is 30.3 Å². The van der Waals surface area contributed by atoms with Gasteiger partial charge in [-0.3, -0.25) is 0 Å². The molecule has 0 aliphatic heterocycles. The Balaban J connectivity index is 1.97. The number of rotatable bonds is 5. The maximum absolute atomic E-state index is 10.0. The molecule has 2 rings (SSSR count). The average Bonchev–Trinajstić information content (AvgIpc) is 2.44. The van der Waals surface area contributed by atoms with E-state index < -0.39 is 12.2 Å². The first-order valence-corrected chi connectivity index (χ1v) is 6.47. The highest BCUT2D eigenvalue weighted by Gasteiger charge is 2.18. The van der Waals surface area contributed by atoms with Gasteiger partial charge in [-0.05, 0) is 29.3 Å². The molecule has 0 amide bonds. The molecule has 4 heteroatoms. The quantitative estimate of drug-likeness (QED) is 0.667. The van der Waals surface area contributed by atoms with Crippen molar-refractivity contribution < 1.29 is 20.4 Å². The van der Waals surface area contributed by atoms with Crippen molar-refractivity contribution in [3.63, 3.8) is 0 Å². The molecule has 2 unspecified atom stereocenters. The number of hydrogen-bond donors (Lipinski definition) is 4. The van der Waals surface area contributed by atoms with E-state index in [1.54, 1.807) is 36.4 Å². The molecule has 0 aliphatic carbocycles. The molecule has 20 heavy (non-hydrogen) atoms. The summed E-state index contributed by atoms with van der Waals surface area (Å²) in [7, 11) is 0. The highest BCUT2D eigenvalue weighted by Crippen LogP contribution is 2.19. The van der Waals surface area contributed by atoms with Gasteiger partial charge < -0.3 is 20.4 Å². The van der Waals surface area contributed by atoms with Crippen molar-refractivity contribution in [2.45, 2.75) is 25.0 Å². The van der Waals surface area contributed by atoms with E-state index in [1.165, 1.54) is 12.1 Å². The maximum atomic E-state index is 10.0. The molecule has 2 atom stereocenters. The minimum Gasteiger partial charge on any atom is -0.508 e. The van der Waals surface area contributed by atoms with Crippen LogP contribution in [0.5, 0.6) is 11.5 Å². The number of benzene rings is 2. The number of aliphatic hydroxyl groups excluding tert-OH is 2. The van der Waals surface area contributed by atoms with Gasteiger partial charge in [0.15, 0.2) is 0 Å². The van der Waals surface area contributed by atoms with Gasteiger partial charge in [0.25, 0.3) is 0 Å². The average molecular weight is 274 g/mol. The molecule has 4 N–H and O–H groups in total. The first-order chi connectivity index (χ1) is 9.56. The van der Waals surface area contributed by atoms with Crippen LogP contribution in [0, 0.1) is 0 Å². The van der Waals surface area contributed by atoms with Gasteiger partial charge in [-0.25, -0.2) is 0 Å². The third-order valence-electron chi connectivity index (χ3n) is 3.25. The van der Waals surface area contributed by atoms with Crippen LogP contribution in [0.3, 0.4) is 0 Å². The largest absolute Gasteiger partial charge is 0.508 e. The molecule has 0 saturated carbocycles. The van der Waals surface area contributed by atoms with Gasteiger partial charge in [0.2, 0.25) is 0 Å². The second-order valence-corrected chi connectivity index (χ2v) is 4.84. The third-order valence-corrected chi connectivity index (χ3v) is 3.25. The van der Waals surface area contributed by atoms with Gasteiger partial charge in [0, 0.05) is 12.8 Å². The van der Waals surface area contributed by atoms with E-state index >= 15 is 0 Å². The van der Waals surface area contributed by atoms with Crippen molar-refractivity contribution >= 4 is 0 Å². The van der Waals surface area contributed by atoms with Crippen molar-refractivity contribution in [2.75, 3.05) is 0 Å². The van der Waals surface area contributed by atoms with Crippen molar-refractivity contribution in [1.82, 2.24) is 0 Å². The van der Waals surface area contributed by atoms with E-state index in [1.807, 2.05) is 0 Å². The zero-order valence-electron chi connectivity index (χ0n) is 11.0. The topological polar surface area (TPSA) is 80.9 Å². The summed E-state index contributed by atoms with van der Waals surface area (Å²) in [6.07, 6.45) is -1.42. The molecule has 2 aromatic rings. The summed E-state index contributed by atoms with van der Waals surface area (Å²) >= 11 is 0. The van der Waals surface area contributed by atoms with Gasteiger partial charge in [0.05, 0.1) is 12.2 Å². The van der Waals surface area contributed by atoms with E-state index in [9.17, 15) is 20.4 Å². The van der Waals surface area contributed by atoms with Crippen LogP contribution in [-0.4, -0.2) is 32.6 Å². The number of aromatic hydroxyl groups is 2. The molecule has 0 heterocycles. The molecule has 0 radical (unpaired) electrons. The number of para-hydroxylation sites is 1. The third kappa shape index (κ3) is 3.73. The number of phenolic OH excluding ortho intramolecular Hbond substituents is 2. The van der Waals surface area contributed by atoms with Crippen molar-refractivity contribution in [2.24, 2.45) is 0 Å². The van der Waals surface area contributed by atoms with Crippen LogP contribution in [0.15, 0.2) is 48.5 Å². The predicted octanol–water partition coefficient (Wildman–Crippen LogP) is 1.60. The van der Waals surface area contributed by atoms with E-state index in [0.29, 0.717) is 5.56 Å². The molecule has 0 saturated heterocycles. The predicted molar refractivity (Wildman–Crippen MR) is 75.6 cm³/mol. The zero-order chi connectivity index (χ0) is 14.5. The molecule has 4 nitrogen and oxygen atoms in total. The van der Waals surface area contributed by atoms with Crippen LogP contribution >= 0.6 is 0 Å². The molecule has 0 fully saturated rings. The first-order valence-electron chi connectivity index (χ1n) is 6.47. The number of aliphatic hydroxyl groups is 2. The van der Waals surface area contributed by atoms with Crippen molar-refractivity contribution in [3.8, 4) is 11.5 Å². The van der Waals surface area contributed by atoms with Crippen molar-refractivity contribution in [3.05, 3.63) is 59.7 Å². The standard InChI is InChI=1S/C16H18O4/c17-13-7-5-11(6-8-13)9-15(19)16(20)10-12-3-1-2-4-14(12)18/h1-8,15-20H,9-10H2. The zero-order valence-corrected chi connectivity index (χ0v) is 11.0. The fourth-order valence-electron chi connectivity index (χ4n) is 2.05. The SMILES string of the molecule is Oc1ccc(CC(O)C(O)Cc2ccccc2O)cc1. The Hall–Kier alpha value is -2.04. The Kier molecular flexibility index (Phi) is 4.61. The molecule has 2 aromatic carbocycles. The fourth-order valence-corrected chi connectivity index (χ4v) is 2.05. The Morgan fingerprint density at radius 3 is 2.00 bits per heavy atom. The first kappa shape index (κ1) is 14.4. The normalized spacial score (nSPS) is 13.9. The summed E-state index contributed by atoms with van der Waals surface area (Å²) in [6, 6.07) is 13.2. The van der Waals surface area contributed by atoms with Crippen LogP contribution < -0.4 is 0 Å². The summed E-state index contributed by atoms with van der Waals surface area (Å²) in [4.78, 5) is 0. The highest BCUT2D eigenvalue weighted by molar-refractivity contribution is 5.32. The lowest BCUT2D eigenvalue weighted by atomic mass is 9.98. The van der Waals surface area contributed by atoms with Crippen LogP contribution in [0.1, 0.15) is 11.1 Å². The molecule has 0 spiro atoms. The lowest BCUT2D eigenvalue weighted by molar-refractivity contribution is 0.0203. The molecule has 0 aromatic heterocycles. The van der Waals surface area contributed by atoms with Gasteiger partial charge in [-0.15, -0.1) is 0 Å². The van der Waals surface area contributed by atoms with Crippen LogP contribution in [0.2, 0.25) is 0 Å². The molecule has 0 aliphatic rings. The van der Waals surface area contributed by atoms with Crippen molar-refractivity contribution in [1.29, 1.82) is 0 Å². The summed E-state index contributed by atoms with van der Waals surface area (Å²) in [5, 5.41) is 38.8. The minimum atomic E-state index is -0.961. The second kappa shape index (κ2) is 6.41. The van der Waals surface area contributed by atoms with E-state index in [4.69, 9.17) is 0 Å². The summed E-state index contributed by atoms with van der Waals surface area (Å²) < 4.78 is 0. The summed E-state index contributed by atoms with van der Waals surface area (Å²) in [5.41, 5.74) is 1.43. The van der Waals surface area contributed by atoms with E-state index in [2.05, 4.69) is 0 Å².